The van der Waals surface area contributed by atoms with Crippen molar-refractivity contribution in [1.29, 1.82) is 0 Å². The van der Waals surface area contributed by atoms with Crippen LogP contribution in [-0.2, 0) is 0 Å². The standard InChI is InChI=1S/C13H11N2/c14-13(11-7-3-1-4-8-11)15-12-9-5-2-6-10-12/h1-10,14H/b15-13-. The number of hydrogen-bond acceptors (Lipinski definition) is 1. The summed E-state index contributed by atoms with van der Waals surface area (Å²) in [5.74, 6) is 0.293. The zero-order chi connectivity index (χ0) is 10.5. The number of aliphatic imine (C=N–C) groups is 1. The quantitative estimate of drug-likeness (QED) is 0.521. The minimum absolute atomic E-state index is 0.293. The summed E-state index contributed by atoms with van der Waals surface area (Å²) in [5.41, 5.74) is 9.45. The highest BCUT2D eigenvalue weighted by molar-refractivity contribution is 5.98. The number of rotatable bonds is 2. The number of hydrogen-bond donors (Lipinski definition) is 0. The molecule has 0 amide bonds. The van der Waals surface area contributed by atoms with Gasteiger partial charge in [0, 0.05) is 5.56 Å². The zero-order valence-corrected chi connectivity index (χ0v) is 8.22. The van der Waals surface area contributed by atoms with E-state index in [4.69, 9.17) is 5.73 Å². The van der Waals surface area contributed by atoms with Gasteiger partial charge in [-0.3, -0.25) is 5.73 Å². The number of nitrogens with zero attached hydrogens (tertiary/aromatic N) is 1. The molecule has 0 spiro atoms. The third-order valence-electron chi connectivity index (χ3n) is 2.04. The van der Waals surface area contributed by atoms with Crippen LogP contribution in [0.2, 0.25) is 0 Å². The van der Waals surface area contributed by atoms with E-state index in [0.717, 1.165) is 11.3 Å². The molecule has 0 unspecified atom stereocenters. The van der Waals surface area contributed by atoms with E-state index in [1.807, 2.05) is 60.7 Å². The summed E-state index contributed by atoms with van der Waals surface area (Å²) in [6, 6.07) is 19.0. The second kappa shape index (κ2) is 4.42. The molecule has 73 valence electrons. The largest absolute Gasteiger partial charge is 0.282 e. The van der Waals surface area contributed by atoms with Gasteiger partial charge in [0.25, 0.3) is 0 Å². The summed E-state index contributed by atoms with van der Waals surface area (Å²) in [4.78, 5) is 4.21. The molecule has 0 saturated heterocycles. The third-order valence-corrected chi connectivity index (χ3v) is 2.04. The van der Waals surface area contributed by atoms with Gasteiger partial charge in [-0.1, -0.05) is 48.5 Å². The van der Waals surface area contributed by atoms with Crippen LogP contribution in [0.15, 0.2) is 65.7 Å². The van der Waals surface area contributed by atoms with Gasteiger partial charge in [-0.15, -0.1) is 0 Å². The summed E-state index contributed by atoms with van der Waals surface area (Å²) in [7, 11) is 0. The number of benzene rings is 2. The van der Waals surface area contributed by atoms with Crippen molar-refractivity contribution in [2.24, 2.45) is 4.99 Å². The van der Waals surface area contributed by atoms with Crippen LogP contribution in [0, 0.1) is 0 Å². The van der Waals surface area contributed by atoms with Crippen LogP contribution in [0.5, 0.6) is 0 Å². The minimum Gasteiger partial charge on any atom is -0.282 e. The summed E-state index contributed by atoms with van der Waals surface area (Å²) < 4.78 is 0. The first kappa shape index (κ1) is 9.46. The molecule has 1 N–H and O–H groups in total. The third kappa shape index (κ3) is 2.44. The Bertz CT molecular complexity index is 446. The Balaban J connectivity index is 2.29. The Labute approximate surface area is 89.1 Å². The van der Waals surface area contributed by atoms with Gasteiger partial charge in [0.15, 0.2) is 5.84 Å². The van der Waals surface area contributed by atoms with E-state index in [2.05, 4.69) is 4.99 Å². The fourth-order valence-electron chi connectivity index (χ4n) is 1.29. The fraction of sp³-hybridized carbons (Fsp3) is 0. The summed E-state index contributed by atoms with van der Waals surface area (Å²) in [5, 5.41) is 0. The lowest BCUT2D eigenvalue weighted by atomic mass is 10.2. The summed E-state index contributed by atoms with van der Waals surface area (Å²) in [6.07, 6.45) is 0. The highest BCUT2D eigenvalue weighted by atomic mass is 14.9. The molecule has 2 aromatic carbocycles. The van der Waals surface area contributed by atoms with E-state index in [0.29, 0.717) is 5.84 Å². The second-order valence-electron chi connectivity index (χ2n) is 3.16. The predicted molar refractivity (Wildman–Crippen MR) is 62.2 cm³/mol. The van der Waals surface area contributed by atoms with Crippen LogP contribution < -0.4 is 5.73 Å². The Kier molecular flexibility index (Phi) is 2.79. The maximum Gasteiger partial charge on any atom is 0.152 e. The number of amidine groups is 1. The first-order valence-electron chi connectivity index (χ1n) is 4.77. The lowest BCUT2D eigenvalue weighted by Crippen LogP contribution is -1.99. The molecule has 0 saturated carbocycles. The van der Waals surface area contributed by atoms with Crippen molar-refractivity contribution < 1.29 is 0 Å². The monoisotopic (exact) mass is 195 g/mol. The average molecular weight is 195 g/mol. The molecule has 2 nitrogen and oxygen atoms in total. The molecule has 0 aliphatic heterocycles. The van der Waals surface area contributed by atoms with Gasteiger partial charge in [-0.2, -0.15) is 0 Å². The van der Waals surface area contributed by atoms with Crippen LogP contribution in [0.1, 0.15) is 5.56 Å². The van der Waals surface area contributed by atoms with Gasteiger partial charge >= 0.3 is 0 Å². The van der Waals surface area contributed by atoms with Gasteiger partial charge in [-0.25, -0.2) is 4.99 Å². The Morgan fingerprint density at radius 3 is 1.93 bits per heavy atom. The molecule has 2 heteroatoms. The maximum atomic E-state index is 7.80. The molecule has 0 heterocycles. The van der Waals surface area contributed by atoms with Crippen LogP contribution in [0.4, 0.5) is 5.69 Å². The topological polar surface area (TPSA) is 36.2 Å². The molecule has 0 aliphatic carbocycles. The molecular formula is C13H11N2. The van der Waals surface area contributed by atoms with Crippen molar-refractivity contribution in [3.63, 3.8) is 0 Å². The lowest BCUT2D eigenvalue weighted by Gasteiger charge is -1.98. The van der Waals surface area contributed by atoms with Crippen molar-refractivity contribution in [2.45, 2.75) is 0 Å². The van der Waals surface area contributed by atoms with E-state index >= 15 is 0 Å². The van der Waals surface area contributed by atoms with Gasteiger partial charge in [0.2, 0.25) is 0 Å². The molecule has 0 atom stereocenters. The Morgan fingerprint density at radius 2 is 1.33 bits per heavy atom. The first-order valence-corrected chi connectivity index (χ1v) is 4.77. The highest BCUT2D eigenvalue weighted by Gasteiger charge is 1.97. The van der Waals surface area contributed by atoms with Crippen molar-refractivity contribution in [2.75, 3.05) is 0 Å². The van der Waals surface area contributed by atoms with E-state index < -0.39 is 0 Å². The minimum atomic E-state index is 0.293. The predicted octanol–water partition coefficient (Wildman–Crippen LogP) is 3.05. The smallest absolute Gasteiger partial charge is 0.152 e. The molecule has 0 bridgehead atoms. The van der Waals surface area contributed by atoms with Crippen molar-refractivity contribution in [3.05, 3.63) is 66.2 Å². The van der Waals surface area contributed by atoms with Crippen LogP contribution in [0.3, 0.4) is 0 Å². The fourth-order valence-corrected chi connectivity index (χ4v) is 1.29. The van der Waals surface area contributed by atoms with E-state index in [-0.39, 0.29) is 0 Å². The van der Waals surface area contributed by atoms with Gasteiger partial charge < -0.3 is 0 Å². The molecular weight excluding hydrogens is 184 g/mol. The van der Waals surface area contributed by atoms with Gasteiger partial charge in [0.1, 0.15) is 0 Å². The average Bonchev–Trinajstić information content (AvgIpc) is 2.31. The molecule has 1 radical (unpaired) electrons. The lowest BCUT2D eigenvalue weighted by molar-refractivity contribution is 1.43. The van der Waals surface area contributed by atoms with Crippen LogP contribution >= 0.6 is 0 Å². The summed E-state index contributed by atoms with van der Waals surface area (Å²) >= 11 is 0. The molecule has 0 aromatic heterocycles. The van der Waals surface area contributed by atoms with Crippen molar-refractivity contribution in [1.82, 2.24) is 5.73 Å². The molecule has 15 heavy (non-hydrogen) atoms. The maximum absolute atomic E-state index is 7.80. The molecule has 0 aliphatic rings. The molecule has 2 aromatic rings. The molecule has 2 rings (SSSR count). The number of nitrogens with one attached hydrogen (secondary N) is 1. The van der Waals surface area contributed by atoms with Crippen LogP contribution in [-0.4, -0.2) is 5.84 Å². The van der Waals surface area contributed by atoms with Crippen LogP contribution in [0.25, 0.3) is 0 Å². The molecule has 0 fully saturated rings. The van der Waals surface area contributed by atoms with E-state index in [9.17, 15) is 0 Å². The Morgan fingerprint density at radius 1 is 0.800 bits per heavy atom. The SMILES string of the molecule is [NH]/C(=N\c1ccccc1)c1ccccc1. The zero-order valence-electron chi connectivity index (χ0n) is 8.22. The first-order chi connectivity index (χ1) is 7.36. The van der Waals surface area contributed by atoms with E-state index in [1.165, 1.54) is 0 Å². The normalized spacial score (nSPS) is 11.3. The Hall–Kier alpha value is -2.09. The van der Waals surface area contributed by atoms with Crippen molar-refractivity contribution >= 4 is 11.5 Å². The summed E-state index contributed by atoms with van der Waals surface area (Å²) in [6.45, 7) is 0. The van der Waals surface area contributed by atoms with Crippen molar-refractivity contribution in [3.8, 4) is 0 Å². The van der Waals surface area contributed by atoms with Gasteiger partial charge in [0.05, 0.1) is 5.69 Å². The number of para-hydroxylation sites is 1. The highest BCUT2D eigenvalue weighted by Crippen LogP contribution is 2.11. The van der Waals surface area contributed by atoms with E-state index in [1.54, 1.807) is 0 Å². The second-order valence-corrected chi connectivity index (χ2v) is 3.16. The van der Waals surface area contributed by atoms with Gasteiger partial charge in [-0.05, 0) is 12.1 Å².